The summed E-state index contributed by atoms with van der Waals surface area (Å²) in [6, 6.07) is 0. The monoisotopic (exact) mass is 244 g/mol. The van der Waals surface area contributed by atoms with Crippen molar-refractivity contribution in [2.45, 2.75) is 32.1 Å². The molecule has 1 aliphatic heterocycles. The molecule has 3 nitrogen and oxygen atoms in total. The zero-order chi connectivity index (χ0) is 11.6. The van der Waals surface area contributed by atoms with Crippen molar-refractivity contribution < 1.29 is 4.79 Å². The lowest BCUT2D eigenvalue weighted by Gasteiger charge is -2.22. The molecule has 0 aliphatic carbocycles. The Labute approximate surface area is 103 Å². The standard InChI is InChI=1S/C12H24N2OS/c1-16-9-3-5-12(15)14-8-6-11-4-2-7-13-10-11/h11,13H,2-10H2,1H3,(H,14,15). The Bertz CT molecular complexity index is 193. The molecular weight excluding hydrogens is 220 g/mol. The maximum Gasteiger partial charge on any atom is 0.220 e. The second-order valence-corrected chi connectivity index (χ2v) is 5.43. The Kier molecular flexibility index (Phi) is 7.68. The van der Waals surface area contributed by atoms with Gasteiger partial charge in [0.25, 0.3) is 0 Å². The fraction of sp³-hybridized carbons (Fsp3) is 0.917. The van der Waals surface area contributed by atoms with Gasteiger partial charge in [-0.2, -0.15) is 11.8 Å². The van der Waals surface area contributed by atoms with E-state index < -0.39 is 0 Å². The van der Waals surface area contributed by atoms with Gasteiger partial charge in [-0.15, -0.1) is 0 Å². The predicted octanol–water partition coefficient (Wildman–Crippen LogP) is 1.64. The first-order chi connectivity index (χ1) is 7.83. The maximum absolute atomic E-state index is 11.4. The van der Waals surface area contributed by atoms with Gasteiger partial charge in [0.15, 0.2) is 0 Å². The molecule has 0 aromatic heterocycles. The van der Waals surface area contributed by atoms with Crippen LogP contribution in [0.3, 0.4) is 0 Å². The van der Waals surface area contributed by atoms with Gasteiger partial charge >= 0.3 is 0 Å². The van der Waals surface area contributed by atoms with Gasteiger partial charge in [0.05, 0.1) is 0 Å². The van der Waals surface area contributed by atoms with E-state index in [9.17, 15) is 4.79 Å². The highest BCUT2D eigenvalue weighted by molar-refractivity contribution is 7.98. The summed E-state index contributed by atoms with van der Waals surface area (Å²) in [4.78, 5) is 11.4. The molecule has 1 saturated heterocycles. The minimum Gasteiger partial charge on any atom is -0.356 e. The molecule has 1 amide bonds. The molecule has 0 aromatic carbocycles. The zero-order valence-electron chi connectivity index (χ0n) is 10.3. The molecule has 0 bridgehead atoms. The summed E-state index contributed by atoms with van der Waals surface area (Å²) in [6.07, 6.45) is 7.48. The highest BCUT2D eigenvalue weighted by Gasteiger charge is 2.12. The lowest BCUT2D eigenvalue weighted by molar-refractivity contribution is -0.121. The van der Waals surface area contributed by atoms with Crippen LogP contribution < -0.4 is 10.6 Å². The summed E-state index contributed by atoms with van der Waals surface area (Å²) >= 11 is 1.80. The Balaban J connectivity index is 1.94. The molecule has 0 aromatic rings. The first kappa shape index (κ1) is 13.8. The fourth-order valence-electron chi connectivity index (χ4n) is 2.05. The summed E-state index contributed by atoms with van der Waals surface area (Å²) in [5.41, 5.74) is 0. The second kappa shape index (κ2) is 8.88. The third-order valence-corrected chi connectivity index (χ3v) is 3.72. The van der Waals surface area contributed by atoms with Crippen LogP contribution in [0.2, 0.25) is 0 Å². The molecule has 1 aliphatic rings. The van der Waals surface area contributed by atoms with E-state index in [-0.39, 0.29) is 5.91 Å². The van der Waals surface area contributed by atoms with E-state index in [0.29, 0.717) is 6.42 Å². The Hall–Kier alpha value is -0.220. The summed E-state index contributed by atoms with van der Waals surface area (Å²) in [6.45, 7) is 3.14. The topological polar surface area (TPSA) is 41.1 Å². The van der Waals surface area contributed by atoms with Crippen LogP contribution in [0.4, 0.5) is 0 Å². The lowest BCUT2D eigenvalue weighted by Crippen LogP contribution is -2.33. The van der Waals surface area contributed by atoms with Gasteiger partial charge in [0.2, 0.25) is 5.91 Å². The van der Waals surface area contributed by atoms with Crippen LogP contribution in [-0.4, -0.2) is 37.6 Å². The van der Waals surface area contributed by atoms with Gasteiger partial charge in [-0.3, -0.25) is 4.79 Å². The third kappa shape index (κ3) is 6.38. The molecule has 0 radical (unpaired) electrons. The zero-order valence-corrected chi connectivity index (χ0v) is 11.1. The molecule has 0 spiro atoms. The van der Waals surface area contributed by atoms with Crippen LogP contribution in [0.15, 0.2) is 0 Å². The minimum absolute atomic E-state index is 0.220. The maximum atomic E-state index is 11.4. The normalized spacial score (nSPS) is 20.7. The van der Waals surface area contributed by atoms with Crippen LogP contribution in [-0.2, 0) is 4.79 Å². The summed E-state index contributed by atoms with van der Waals surface area (Å²) in [5.74, 6) is 2.07. The van der Waals surface area contributed by atoms with Crippen molar-refractivity contribution >= 4 is 17.7 Å². The van der Waals surface area contributed by atoms with Crippen molar-refractivity contribution in [3.63, 3.8) is 0 Å². The summed E-state index contributed by atoms with van der Waals surface area (Å²) < 4.78 is 0. The number of hydrogen-bond donors (Lipinski definition) is 2. The largest absolute Gasteiger partial charge is 0.356 e. The number of piperidine rings is 1. The molecule has 1 atom stereocenters. The number of amides is 1. The highest BCUT2D eigenvalue weighted by Crippen LogP contribution is 2.12. The van der Waals surface area contributed by atoms with E-state index in [0.717, 1.165) is 44.1 Å². The first-order valence-electron chi connectivity index (χ1n) is 6.29. The van der Waals surface area contributed by atoms with Crippen molar-refractivity contribution in [1.29, 1.82) is 0 Å². The van der Waals surface area contributed by atoms with Crippen LogP contribution in [0.25, 0.3) is 0 Å². The highest BCUT2D eigenvalue weighted by atomic mass is 32.2. The number of carbonyl (C=O) groups excluding carboxylic acids is 1. The number of rotatable bonds is 7. The Morgan fingerprint density at radius 3 is 3.12 bits per heavy atom. The number of carbonyl (C=O) groups is 1. The van der Waals surface area contributed by atoms with E-state index >= 15 is 0 Å². The quantitative estimate of drug-likeness (QED) is 0.669. The number of hydrogen-bond acceptors (Lipinski definition) is 3. The van der Waals surface area contributed by atoms with E-state index in [4.69, 9.17) is 0 Å². The molecule has 1 fully saturated rings. The summed E-state index contributed by atoms with van der Waals surface area (Å²) in [7, 11) is 0. The van der Waals surface area contributed by atoms with Crippen molar-refractivity contribution in [3.8, 4) is 0 Å². The van der Waals surface area contributed by atoms with Crippen molar-refractivity contribution in [2.75, 3.05) is 31.6 Å². The van der Waals surface area contributed by atoms with Gasteiger partial charge in [-0.25, -0.2) is 0 Å². The molecule has 2 N–H and O–H groups in total. The first-order valence-corrected chi connectivity index (χ1v) is 7.68. The molecule has 0 saturated carbocycles. The van der Waals surface area contributed by atoms with Gasteiger partial charge in [0, 0.05) is 13.0 Å². The number of thioether (sulfide) groups is 1. The average Bonchev–Trinajstić information content (AvgIpc) is 2.31. The molecule has 1 unspecified atom stereocenters. The smallest absolute Gasteiger partial charge is 0.220 e. The van der Waals surface area contributed by atoms with Crippen molar-refractivity contribution in [1.82, 2.24) is 10.6 Å². The molecule has 1 rings (SSSR count). The van der Waals surface area contributed by atoms with Crippen LogP contribution >= 0.6 is 11.8 Å². The van der Waals surface area contributed by atoms with Gasteiger partial charge in [-0.1, -0.05) is 0 Å². The predicted molar refractivity (Wildman–Crippen MR) is 70.8 cm³/mol. The van der Waals surface area contributed by atoms with Crippen LogP contribution in [0, 0.1) is 5.92 Å². The van der Waals surface area contributed by atoms with Crippen LogP contribution in [0.1, 0.15) is 32.1 Å². The lowest BCUT2D eigenvalue weighted by atomic mass is 9.96. The molecular formula is C12H24N2OS. The van der Waals surface area contributed by atoms with Gasteiger partial charge < -0.3 is 10.6 Å². The SMILES string of the molecule is CSCCCC(=O)NCCC1CCCNC1. The van der Waals surface area contributed by atoms with E-state index in [1.165, 1.54) is 12.8 Å². The van der Waals surface area contributed by atoms with Crippen molar-refractivity contribution in [3.05, 3.63) is 0 Å². The second-order valence-electron chi connectivity index (χ2n) is 4.45. The molecule has 1 heterocycles. The van der Waals surface area contributed by atoms with Gasteiger partial charge in [-0.05, 0) is 56.7 Å². The third-order valence-electron chi connectivity index (χ3n) is 3.03. The van der Waals surface area contributed by atoms with E-state index in [1.54, 1.807) is 11.8 Å². The molecule has 94 valence electrons. The van der Waals surface area contributed by atoms with Crippen molar-refractivity contribution in [2.24, 2.45) is 5.92 Å². The van der Waals surface area contributed by atoms with E-state index in [1.807, 2.05) is 0 Å². The average molecular weight is 244 g/mol. The fourth-order valence-corrected chi connectivity index (χ4v) is 2.48. The Morgan fingerprint density at radius 2 is 2.44 bits per heavy atom. The summed E-state index contributed by atoms with van der Waals surface area (Å²) in [5, 5.41) is 6.41. The number of nitrogens with one attached hydrogen (secondary N) is 2. The minimum atomic E-state index is 0.220. The molecule has 16 heavy (non-hydrogen) atoms. The Morgan fingerprint density at radius 1 is 1.56 bits per heavy atom. The molecule has 4 heteroatoms. The van der Waals surface area contributed by atoms with Crippen LogP contribution in [0.5, 0.6) is 0 Å². The van der Waals surface area contributed by atoms with Gasteiger partial charge in [0.1, 0.15) is 0 Å². The van der Waals surface area contributed by atoms with E-state index in [2.05, 4.69) is 16.9 Å².